The van der Waals surface area contributed by atoms with Crippen molar-refractivity contribution in [3.05, 3.63) is 71.9 Å². The quantitative estimate of drug-likeness (QED) is 0.473. The second-order valence-electron chi connectivity index (χ2n) is 6.02. The third kappa shape index (κ3) is 5.57. The third-order valence-electron chi connectivity index (χ3n) is 4.25. The van der Waals surface area contributed by atoms with Crippen molar-refractivity contribution in [2.75, 3.05) is 0 Å². The van der Waals surface area contributed by atoms with Gasteiger partial charge in [0, 0.05) is 5.70 Å². The van der Waals surface area contributed by atoms with Crippen LogP contribution in [0.1, 0.15) is 43.7 Å². The predicted octanol–water partition coefficient (Wildman–Crippen LogP) is 5.51. The molecule has 0 aromatic heterocycles. The van der Waals surface area contributed by atoms with E-state index in [1.165, 1.54) is 28.7 Å². The highest BCUT2D eigenvalue weighted by atomic mass is 16.5. The molecule has 2 aromatic rings. The van der Waals surface area contributed by atoms with Gasteiger partial charge in [0.25, 0.3) is 0 Å². The van der Waals surface area contributed by atoms with E-state index in [9.17, 15) is 0 Å². The molecule has 0 atom stereocenters. The lowest BCUT2D eigenvalue weighted by Crippen LogP contribution is -2.04. The number of nitrogens with one attached hydrogen (secondary N) is 1. The summed E-state index contributed by atoms with van der Waals surface area (Å²) in [5.74, 6) is 0. The Morgan fingerprint density at radius 3 is 1.96 bits per heavy atom. The van der Waals surface area contributed by atoms with Crippen LogP contribution in [0.5, 0.6) is 0 Å². The number of aryl methyl sites for hydroxylation is 2. The van der Waals surface area contributed by atoms with Crippen molar-refractivity contribution < 1.29 is 5.21 Å². The summed E-state index contributed by atoms with van der Waals surface area (Å²) in [6, 6.07) is 17.7. The summed E-state index contributed by atoms with van der Waals surface area (Å²) in [5, 5.41) is 8.67. The minimum Gasteiger partial charge on any atom is -0.291 e. The number of hydrogen-bond donors (Lipinski definition) is 2. The smallest absolute Gasteiger partial charge is 0.0304 e. The molecule has 0 saturated carbocycles. The van der Waals surface area contributed by atoms with E-state index in [1.54, 1.807) is 0 Å². The topological polar surface area (TPSA) is 32.3 Å². The molecule has 23 heavy (non-hydrogen) atoms. The molecule has 2 heteroatoms. The van der Waals surface area contributed by atoms with Crippen molar-refractivity contribution in [3.8, 4) is 11.1 Å². The summed E-state index contributed by atoms with van der Waals surface area (Å²) in [6.45, 7) is 5.90. The monoisotopic (exact) mass is 309 g/mol. The molecule has 0 aliphatic rings. The first-order valence-electron chi connectivity index (χ1n) is 8.49. The lowest BCUT2D eigenvalue weighted by molar-refractivity contribution is 0.196. The average Bonchev–Trinajstić information content (AvgIpc) is 2.62. The Morgan fingerprint density at radius 1 is 0.870 bits per heavy atom. The summed E-state index contributed by atoms with van der Waals surface area (Å²) in [4.78, 5) is 0. The molecule has 0 amide bonds. The van der Waals surface area contributed by atoms with Crippen LogP contribution in [0.4, 0.5) is 0 Å². The number of hydroxylamine groups is 1. The van der Waals surface area contributed by atoms with E-state index >= 15 is 0 Å². The van der Waals surface area contributed by atoms with Gasteiger partial charge >= 0.3 is 0 Å². The Kier molecular flexibility index (Phi) is 6.89. The molecule has 0 bridgehead atoms. The van der Waals surface area contributed by atoms with Crippen LogP contribution in [0.2, 0.25) is 0 Å². The van der Waals surface area contributed by atoms with E-state index < -0.39 is 0 Å². The first kappa shape index (κ1) is 17.3. The number of rotatable bonds is 9. The maximum Gasteiger partial charge on any atom is 0.0304 e. The minimum atomic E-state index is 0.698. The Labute approximate surface area is 139 Å². The van der Waals surface area contributed by atoms with Gasteiger partial charge in [-0.15, -0.1) is 0 Å². The molecule has 0 unspecified atom stereocenters. The molecule has 2 nitrogen and oxygen atoms in total. The normalized spacial score (nSPS) is 10.5. The molecule has 0 aliphatic heterocycles. The molecule has 0 heterocycles. The van der Waals surface area contributed by atoms with Gasteiger partial charge in [-0.25, -0.2) is 0 Å². The van der Waals surface area contributed by atoms with Gasteiger partial charge in [-0.3, -0.25) is 10.7 Å². The van der Waals surface area contributed by atoms with Gasteiger partial charge in [0.2, 0.25) is 0 Å². The van der Waals surface area contributed by atoms with Crippen molar-refractivity contribution in [3.63, 3.8) is 0 Å². The van der Waals surface area contributed by atoms with E-state index in [4.69, 9.17) is 5.21 Å². The molecule has 0 saturated heterocycles. The molecule has 0 radical (unpaired) electrons. The largest absolute Gasteiger partial charge is 0.291 e. The number of benzene rings is 2. The SMILES string of the molecule is C=C(CCCCCc1ccc(-c2ccc(CC)cc2)cc1)NO. The highest BCUT2D eigenvalue weighted by molar-refractivity contribution is 5.63. The fourth-order valence-corrected chi connectivity index (χ4v) is 2.70. The van der Waals surface area contributed by atoms with E-state index in [-0.39, 0.29) is 0 Å². The van der Waals surface area contributed by atoms with E-state index in [0.717, 1.165) is 32.1 Å². The summed E-state index contributed by atoms with van der Waals surface area (Å²) in [6.07, 6.45) is 6.41. The van der Waals surface area contributed by atoms with Crippen molar-refractivity contribution in [1.29, 1.82) is 0 Å². The van der Waals surface area contributed by atoms with Crippen molar-refractivity contribution >= 4 is 0 Å². The lowest BCUT2D eigenvalue weighted by atomic mass is 10.00. The van der Waals surface area contributed by atoms with Crippen molar-refractivity contribution in [1.82, 2.24) is 5.48 Å². The van der Waals surface area contributed by atoms with Crippen LogP contribution in [-0.2, 0) is 12.8 Å². The van der Waals surface area contributed by atoms with Crippen LogP contribution in [0.3, 0.4) is 0 Å². The van der Waals surface area contributed by atoms with Crippen LogP contribution in [0.15, 0.2) is 60.8 Å². The average molecular weight is 309 g/mol. The third-order valence-corrected chi connectivity index (χ3v) is 4.25. The van der Waals surface area contributed by atoms with Gasteiger partial charge in [-0.2, -0.15) is 0 Å². The zero-order chi connectivity index (χ0) is 16.5. The lowest BCUT2D eigenvalue weighted by Gasteiger charge is -2.06. The second-order valence-corrected chi connectivity index (χ2v) is 6.02. The molecular weight excluding hydrogens is 282 g/mol. The number of allylic oxidation sites excluding steroid dienone is 1. The maximum atomic E-state index is 8.67. The summed E-state index contributed by atoms with van der Waals surface area (Å²) < 4.78 is 0. The van der Waals surface area contributed by atoms with Crippen LogP contribution >= 0.6 is 0 Å². The van der Waals surface area contributed by atoms with Crippen LogP contribution in [0.25, 0.3) is 11.1 Å². The molecule has 2 N–H and O–H groups in total. The molecule has 2 aromatic carbocycles. The predicted molar refractivity (Wildman–Crippen MR) is 97.5 cm³/mol. The molecule has 0 spiro atoms. The highest BCUT2D eigenvalue weighted by Crippen LogP contribution is 2.21. The Hall–Kier alpha value is -2.06. The molecule has 0 aliphatic carbocycles. The van der Waals surface area contributed by atoms with Crippen LogP contribution in [-0.4, -0.2) is 5.21 Å². The second kappa shape index (κ2) is 9.16. The molecule has 122 valence electrons. The number of hydrogen-bond acceptors (Lipinski definition) is 2. The first-order chi connectivity index (χ1) is 11.2. The highest BCUT2D eigenvalue weighted by Gasteiger charge is 1.99. The van der Waals surface area contributed by atoms with Gasteiger partial charge in [0.1, 0.15) is 0 Å². The standard InChI is InChI=1S/C21H27NO/c1-3-18-9-13-20(14-10-18)21-15-11-19(12-16-21)8-6-4-5-7-17(2)22-23/h9-16,22-23H,2-8H2,1H3. The molecule has 2 rings (SSSR count). The fourth-order valence-electron chi connectivity index (χ4n) is 2.70. The Morgan fingerprint density at radius 2 is 1.43 bits per heavy atom. The zero-order valence-corrected chi connectivity index (χ0v) is 14.0. The maximum absolute atomic E-state index is 8.67. The molecule has 0 fully saturated rings. The summed E-state index contributed by atoms with van der Waals surface area (Å²) in [5.41, 5.74) is 8.13. The molecular formula is C21H27NO. The van der Waals surface area contributed by atoms with Crippen molar-refractivity contribution in [2.45, 2.75) is 45.4 Å². The fraction of sp³-hybridized carbons (Fsp3) is 0.333. The van der Waals surface area contributed by atoms with E-state index in [0.29, 0.717) is 5.70 Å². The van der Waals surface area contributed by atoms with Gasteiger partial charge < -0.3 is 0 Å². The van der Waals surface area contributed by atoms with Gasteiger partial charge in [0.05, 0.1) is 0 Å². The van der Waals surface area contributed by atoms with Gasteiger partial charge in [-0.1, -0.05) is 68.5 Å². The van der Waals surface area contributed by atoms with E-state index in [2.05, 4.69) is 67.5 Å². The zero-order valence-electron chi connectivity index (χ0n) is 14.0. The van der Waals surface area contributed by atoms with Gasteiger partial charge in [-0.05, 0) is 54.4 Å². The van der Waals surface area contributed by atoms with Gasteiger partial charge in [0.15, 0.2) is 0 Å². The van der Waals surface area contributed by atoms with Crippen LogP contribution in [0, 0.1) is 0 Å². The first-order valence-corrected chi connectivity index (χ1v) is 8.49. The number of unbranched alkanes of at least 4 members (excludes halogenated alkanes) is 2. The van der Waals surface area contributed by atoms with Crippen LogP contribution < -0.4 is 5.48 Å². The van der Waals surface area contributed by atoms with Crippen molar-refractivity contribution in [2.24, 2.45) is 0 Å². The summed E-state index contributed by atoms with van der Waals surface area (Å²) >= 11 is 0. The Balaban J connectivity index is 1.81. The summed E-state index contributed by atoms with van der Waals surface area (Å²) in [7, 11) is 0. The Bertz CT molecular complexity index is 599. The van der Waals surface area contributed by atoms with E-state index in [1.807, 2.05) is 0 Å². The minimum absolute atomic E-state index is 0.698.